The summed E-state index contributed by atoms with van der Waals surface area (Å²) in [5.74, 6) is -0.0513. The Balaban J connectivity index is 2.64. The van der Waals surface area contributed by atoms with Gasteiger partial charge >= 0.3 is 16.1 Å². The predicted octanol–water partition coefficient (Wildman–Crippen LogP) is 3.02. The van der Waals surface area contributed by atoms with Gasteiger partial charge in [0.15, 0.2) is 5.75 Å². The third-order valence-corrected chi connectivity index (χ3v) is 3.74. The molecule has 0 unspecified atom stereocenters. The van der Waals surface area contributed by atoms with Crippen molar-refractivity contribution >= 4 is 43.0 Å². The summed E-state index contributed by atoms with van der Waals surface area (Å²) in [6.07, 6.45) is 0.941. The van der Waals surface area contributed by atoms with Gasteiger partial charge in [-0.2, -0.15) is 8.42 Å². The van der Waals surface area contributed by atoms with Crippen molar-refractivity contribution in [1.29, 1.82) is 0 Å². The second-order valence-electron chi connectivity index (χ2n) is 4.32. The molecular formula is C13H13BrO6S. The van der Waals surface area contributed by atoms with E-state index in [1.54, 1.807) is 19.9 Å². The molecule has 0 saturated carbocycles. The Morgan fingerprint density at radius 2 is 2.05 bits per heavy atom. The zero-order valence-corrected chi connectivity index (χ0v) is 14.0. The lowest BCUT2D eigenvalue weighted by atomic mass is 10.1. The van der Waals surface area contributed by atoms with Gasteiger partial charge in [0.2, 0.25) is 0 Å². The molecule has 1 aromatic heterocycles. The summed E-state index contributed by atoms with van der Waals surface area (Å²) in [5, 5.41) is 0.438. The molecule has 0 bridgehead atoms. The number of esters is 1. The fourth-order valence-corrected chi connectivity index (χ4v) is 2.88. The van der Waals surface area contributed by atoms with Gasteiger partial charge in [0.25, 0.3) is 0 Å². The monoisotopic (exact) mass is 376 g/mol. The quantitative estimate of drug-likeness (QED) is 0.602. The van der Waals surface area contributed by atoms with Crippen LogP contribution in [0.25, 0.3) is 11.0 Å². The molecule has 2 aromatic rings. The molecule has 1 heterocycles. The van der Waals surface area contributed by atoms with Gasteiger partial charge in [-0.25, -0.2) is 4.79 Å². The molecule has 6 nitrogen and oxygen atoms in total. The third kappa shape index (κ3) is 3.38. The lowest BCUT2D eigenvalue weighted by Crippen LogP contribution is -2.07. The van der Waals surface area contributed by atoms with E-state index in [2.05, 4.69) is 15.9 Å². The maximum absolute atomic E-state index is 12.0. The average Bonchev–Trinajstić information content (AvgIpc) is 2.63. The first kappa shape index (κ1) is 15.8. The first-order valence-corrected chi connectivity index (χ1v) is 8.63. The summed E-state index contributed by atoms with van der Waals surface area (Å²) in [6.45, 7) is 3.57. The van der Waals surface area contributed by atoms with Crippen LogP contribution in [0, 0.1) is 6.92 Å². The number of aryl methyl sites for hydroxylation is 1. The highest BCUT2D eigenvalue weighted by molar-refractivity contribution is 9.10. The zero-order chi connectivity index (χ0) is 15.8. The maximum atomic E-state index is 12.0. The SMILES string of the molecule is CCOC(=O)c1c(C)oc2cc(Br)c(OS(C)(=O)=O)cc12. The topological polar surface area (TPSA) is 82.8 Å². The van der Waals surface area contributed by atoms with Gasteiger partial charge in [-0.3, -0.25) is 0 Å². The van der Waals surface area contributed by atoms with Crippen LogP contribution in [-0.4, -0.2) is 27.2 Å². The number of hydrogen-bond acceptors (Lipinski definition) is 6. The Morgan fingerprint density at radius 1 is 1.38 bits per heavy atom. The summed E-state index contributed by atoms with van der Waals surface area (Å²) in [6, 6.07) is 2.98. The van der Waals surface area contributed by atoms with Crippen LogP contribution in [-0.2, 0) is 14.9 Å². The number of halogens is 1. The van der Waals surface area contributed by atoms with Crippen LogP contribution in [0.1, 0.15) is 23.0 Å². The van der Waals surface area contributed by atoms with Gasteiger partial charge in [0.05, 0.1) is 17.3 Å². The van der Waals surface area contributed by atoms with Crippen LogP contribution in [0.5, 0.6) is 5.75 Å². The second kappa shape index (κ2) is 5.69. The Morgan fingerprint density at radius 3 is 2.62 bits per heavy atom. The smallest absolute Gasteiger partial charge is 0.342 e. The molecule has 0 aliphatic rings. The van der Waals surface area contributed by atoms with E-state index in [1.807, 2.05) is 0 Å². The molecule has 1 aromatic carbocycles. The number of furan rings is 1. The van der Waals surface area contributed by atoms with Crippen molar-refractivity contribution in [2.24, 2.45) is 0 Å². The van der Waals surface area contributed by atoms with E-state index < -0.39 is 16.1 Å². The highest BCUT2D eigenvalue weighted by atomic mass is 79.9. The number of carbonyl (C=O) groups is 1. The molecule has 0 aliphatic heterocycles. The average molecular weight is 377 g/mol. The van der Waals surface area contributed by atoms with Crippen molar-refractivity contribution in [3.8, 4) is 5.75 Å². The predicted molar refractivity (Wildman–Crippen MR) is 80.1 cm³/mol. The van der Waals surface area contributed by atoms with Crippen LogP contribution in [0.15, 0.2) is 21.0 Å². The van der Waals surface area contributed by atoms with E-state index in [0.717, 1.165) is 6.26 Å². The molecule has 0 amide bonds. The molecule has 0 atom stereocenters. The number of benzene rings is 1. The highest BCUT2D eigenvalue weighted by Gasteiger charge is 2.22. The van der Waals surface area contributed by atoms with E-state index in [-0.39, 0.29) is 17.9 Å². The van der Waals surface area contributed by atoms with Crippen molar-refractivity contribution in [3.63, 3.8) is 0 Å². The minimum absolute atomic E-state index is 0.0800. The largest absolute Gasteiger partial charge is 0.462 e. The van der Waals surface area contributed by atoms with Crippen molar-refractivity contribution in [2.75, 3.05) is 12.9 Å². The van der Waals surface area contributed by atoms with Crippen LogP contribution in [0.4, 0.5) is 0 Å². The van der Waals surface area contributed by atoms with E-state index in [9.17, 15) is 13.2 Å². The molecule has 114 valence electrons. The first-order chi connectivity index (χ1) is 9.73. The number of ether oxygens (including phenoxy) is 1. The minimum Gasteiger partial charge on any atom is -0.462 e. The van der Waals surface area contributed by atoms with Crippen molar-refractivity contribution in [2.45, 2.75) is 13.8 Å². The Labute approximate surface area is 130 Å². The van der Waals surface area contributed by atoms with Gasteiger partial charge in [0.1, 0.15) is 16.9 Å². The van der Waals surface area contributed by atoms with Gasteiger partial charge in [-0.15, -0.1) is 0 Å². The molecular weight excluding hydrogens is 364 g/mol. The number of hydrogen-bond donors (Lipinski definition) is 0. The van der Waals surface area contributed by atoms with Crippen LogP contribution in [0.2, 0.25) is 0 Å². The Bertz CT molecular complexity index is 806. The van der Waals surface area contributed by atoms with Crippen LogP contribution >= 0.6 is 15.9 Å². The number of fused-ring (bicyclic) bond motifs is 1. The Kier molecular flexibility index (Phi) is 4.29. The molecule has 0 fully saturated rings. The van der Waals surface area contributed by atoms with Gasteiger partial charge in [-0.1, -0.05) is 0 Å². The first-order valence-electron chi connectivity index (χ1n) is 6.02. The standard InChI is InChI=1S/C13H13BrO6S/c1-4-18-13(15)12-7(2)19-10-6-9(14)11(5-8(10)12)20-21(3,16)17/h5-6H,4H2,1-3H3. The minimum atomic E-state index is -3.68. The summed E-state index contributed by atoms with van der Waals surface area (Å²) >= 11 is 3.21. The normalized spacial score (nSPS) is 11.6. The van der Waals surface area contributed by atoms with Crippen LogP contribution < -0.4 is 4.18 Å². The maximum Gasteiger partial charge on any atom is 0.342 e. The van der Waals surface area contributed by atoms with Crippen molar-refractivity contribution in [1.82, 2.24) is 0 Å². The lowest BCUT2D eigenvalue weighted by Gasteiger charge is -2.06. The molecule has 0 spiro atoms. The van der Waals surface area contributed by atoms with E-state index in [4.69, 9.17) is 13.3 Å². The molecule has 0 aliphatic carbocycles. The lowest BCUT2D eigenvalue weighted by molar-refractivity contribution is 0.0526. The van der Waals surface area contributed by atoms with E-state index in [1.165, 1.54) is 6.07 Å². The fraction of sp³-hybridized carbons (Fsp3) is 0.308. The van der Waals surface area contributed by atoms with Crippen molar-refractivity contribution in [3.05, 3.63) is 27.9 Å². The molecule has 0 N–H and O–H groups in total. The van der Waals surface area contributed by atoms with E-state index >= 15 is 0 Å². The summed E-state index contributed by atoms with van der Waals surface area (Å²) in [7, 11) is -3.68. The third-order valence-electron chi connectivity index (χ3n) is 2.64. The second-order valence-corrected chi connectivity index (χ2v) is 6.75. The van der Waals surface area contributed by atoms with Crippen LogP contribution in [0.3, 0.4) is 0 Å². The summed E-state index contributed by atoms with van der Waals surface area (Å²) < 4.78 is 38.3. The fourth-order valence-electron chi connectivity index (χ4n) is 1.90. The Hall–Kier alpha value is -1.54. The summed E-state index contributed by atoms with van der Waals surface area (Å²) in [5.41, 5.74) is 0.695. The molecule has 0 saturated heterocycles. The number of rotatable bonds is 4. The van der Waals surface area contributed by atoms with Crippen molar-refractivity contribution < 1.29 is 26.5 Å². The molecule has 21 heavy (non-hydrogen) atoms. The zero-order valence-electron chi connectivity index (χ0n) is 11.6. The summed E-state index contributed by atoms with van der Waals surface area (Å²) in [4.78, 5) is 12.0. The molecule has 0 radical (unpaired) electrons. The highest BCUT2D eigenvalue weighted by Crippen LogP contribution is 2.35. The van der Waals surface area contributed by atoms with Gasteiger partial charge in [0, 0.05) is 5.39 Å². The van der Waals surface area contributed by atoms with E-state index in [0.29, 0.717) is 21.2 Å². The molecule has 2 rings (SSSR count). The number of carbonyl (C=O) groups excluding carboxylic acids is 1. The van der Waals surface area contributed by atoms with Gasteiger partial charge in [-0.05, 0) is 41.9 Å². The molecule has 8 heteroatoms. The van der Waals surface area contributed by atoms with Gasteiger partial charge < -0.3 is 13.3 Å².